The Bertz CT molecular complexity index is 654. The third kappa shape index (κ3) is 3.60. The van der Waals surface area contributed by atoms with Gasteiger partial charge in [0.1, 0.15) is 5.75 Å². The van der Waals surface area contributed by atoms with Gasteiger partial charge in [-0.3, -0.25) is 4.79 Å². The van der Waals surface area contributed by atoms with E-state index in [1.165, 1.54) is 11.1 Å². The zero-order chi connectivity index (χ0) is 15.4. The summed E-state index contributed by atoms with van der Waals surface area (Å²) in [5, 5.41) is 3.72. The van der Waals surface area contributed by atoms with Gasteiger partial charge in [0.15, 0.2) is 6.61 Å². The van der Waals surface area contributed by atoms with Gasteiger partial charge in [0.05, 0.1) is 6.04 Å². The van der Waals surface area contributed by atoms with Crippen LogP contribution >= 0.6 is 11.6 Å². The number of benzene rings is 2. The average molecular weight is 316 g/mol. The third-order valence-corrected chi connectivity index (χ3v) is 4.14. The summed E-state index contributed by atoms with van der Waals surface area (Å²) in [5.74, 6) is 0.542. The van der Waals surface area contributed by atoms with Gasteiger partial charge in [0.25, 0.3) is 5.91 Å². The highest BCUT2D eigenvalue weighted by Gasteiger charge is 2.21. The van der Waals surface area contributed by atoms with Crippen LogP contribution < -0.4 is 10.1 Å². The van der Waals surface area contributed by atoms with Crippen molar-refractivity contribution in [2.45, 2.75) is 25.3 Å². The van der Waals surface area contributed by atoms with Gasteiger partial charge in [0.2, 0.25) is 0 Å². The number of hydrogen-bond donors (Lipinski definition) is 1. The molecule has 3 rings (SSSR count). The molecule has 1 atom stereocenters. The highest BCUT2D eigenvalue weighted by molar-refractivity contribution is 6.30. The molecule has 0 spiro atoms. The Labute approximate surface area is 135 Å². The molecule has 0 fully saturated rings. The molecule has 0 bridgehead atoms. The predicted molar refractivity (Wildman–Crippen MR) is 87.2 cm³/mol. The second kappa shape index (κ2) is 6.84. The molecule has 0 heterocycles. The number of halogens is 1. The second-order valence-electron chi connectivity index (χ2n) is 5.45. The number of carbonyl (C=O) groups is 1. The molecule has 1 amide bonds. The summed E-state index contributed by atoms with van der Waals surface area (Å²) >= 11 is 5.82. The number of nitrogens with one attached hydrogen (secondary N) is 1. The smallest absolute Gasteiger partial charge is 0.258 e. The van der Waals surface area contributed by atoms with E-state index in [2.05, 4.69) is 17.4 Å². The molecule has 0 radical (unpaired) electrons. The van der Waals surface area contributed by atoms with E-state index in [1.54, 1.807) is 24.3 Å². The molecule has 114 valence electrons. The summed E-state index contributed by atoms with van der Waals surface area (Å²) in [6, 6.07) is 15.4. The van der Waals surface area contributed by atoms with Gasteiger partial charge in [-0.15, -0.1) is 0 Å². The first-order chi connectivity index (χ1) is 10.7. The molecule has 3 nitrogen and oxygen atoms in total. The molecule has 0 unspecified atom stereocenters. The normalized spacial score (nSPS) is 16.7. The predicted octanol–water partition coefficient (Wildman–Crippen LogP) is 3.91. The van der Waals surface area contributed by atoms with Crippen LogP contribution in [-0.4, -0.2) is 12.5 Å². The first-order valence-electron chi connectivity index (χ1n) is 7.48. The minimum absolute atomic E-state index is 0.0142. The standard InChI is InChI=1S/C18H18ClNO2/c19-14-8-10-15(11-9-14)22-12-18(21)20-17-7-3-5-13-4-1-2-6-16(13)17/h1-2,4,6,8-11,17H,3,5,7,12H2,(H,20,21)/t17-/m0/s1. The van der Waals surface area contributed by atoms with Crippen molar-refractivity contribution in [1.82, 2.24) is 5.32 Å². The molecule has 1 aliphatic carbocycles. The Morgan fingerprint density at radius 3 is 2.77 bits per heavy atom. The van der Waals surface area contributed by atoms with Crippen LogP contribution in [0.4, 0.5) is 0 Å². The SMILES string of the molecule is O=C(COc1ccc(Cl)cc1)N[C@H]1CCCc2ccccc21. The van der Waals surface area contributed by atoms with E-state index in [-0.39, 0.29) is 18.6 Å². The first-order valence-corrected chi connectivity index (χ1v) is 7.86. The van der Waals surface area contributed by atoms with Gasteiger partial charge >= 0.3 is 0 Å². The molecular weight excluding hydrogens is 298 g/mol. The monoisotopic (exact) mass is 315 g/mol. The van der Waals surface area contributed by atoms with Crippen LogP contribution in [0.15, 0.2) is 48.5 Å². The summed E-state index contributed by atoms with van der Waals surface area (Å²) in [4.78, 5) is 12.1. The Morgan fingerprint density at radius 2 is 1.95 bits per heavy atom. The van der Waals surface area contributed by atoms with E-state index in [1.807, 2.05) is 12.1 Å². The molecule has 2 aromatic carbocycles. The van der Waals surface area contributed by atoms with Gasteiger partial charge in [-0.25, -0.2) is 0 Å². The zero-order valence-corrected chi connectivity index (χ0v) is 13.0. The molecule has 0 saturated heterocycles. The van der Waals surface area contributed by atoms with E-state index in [0.29, 0.717) is 10.8 Å². The van der Waals surface area contributed by atoms with Crippen molar-refractivity contribution in [3.05, 3.63) is 64.7 Å². The number of fused-ring (bicyclic) bond motifs is 1. The van der Waals surface area contributed by atoms with E-state index in [9.17, 15) is 4.79 Å². The summed E-state index contributed by atoms with van der Waals surface area (Å²) < 4.78 is 5.48. The first kappa shape index (κ1) is 14.9. The van der Waals surface area contributed by atoms with Crippen LogP contribution in [0.1, 0.15) is 30.0 Å². The number of rotatable bonds is 4. The molecule has 22 heavy (non-hydrogen) atoms. The second-order valence-corrected chi connectivity index (χ2v) is 5.89. The number of carbonyl (C=O) groups excluding carboxylic acids is 1. The molecule has 2 aromatic rings. The molecular formula is C18H18ClNO2. The Balaban J connectivity index is 1.57. The number of ether oxygens (including phenoxy) is 1. The number of amides is 1. The maximum atomic E-state index is 12.1. The van der Waals surface area contributed by atoms with Crippen LogP contribution in [0.3, 0.4) is 0 Å². The Morgan fingerprint density at radius 1 is 1.18 bits per heavy atom. The summed E-state index contributed by atoms with van der Waals surface area (Å²) in [6.07, 6.45) is 3.16. The van der Waals surface area contributed by atoms with E-state index in [0.717, 1.165) is 19.3 Å². The largest absolute Gasteiger partial charge is 0.484 e. The summed E-state index contributed by atoms with van der Waals surface area (Å²) in [5.41, 5.74) is 2.56. The highest BCUT2D eigenvalue weighted by atomic mass is 35.5. The van der Waals surface area contributed by atoms with Crippen molar-refractivity contribution in [1.29, 1.82) is 0 Å². The minimum atomic E-state index is -0.100. The van der Waals surface area contributed by atoms with Crippen molar-refractivity contribution in [2.24, 2.45) is 0 Å². The maximum Gasteiger partial charge on any atom is 0.258 e. The van der Waals surface area contributed by atoms with E-state index in [4.69, 9.17) is 16.3 Å². The van der Waals surface area contributed by atoms with Crippen LogP contribution in [-0.2, 0) is 11.2 Å². The highest BCUT2D eigenvalue weighted by Crippen LogP contribution is 2.29. The topological polar surface area (TPSA) is 38.3 Å². The van der Waals surface area contributed by atoms with Crippen LogP contribution in [0, 0.1) is 0 Å². The van der Waals surface area contributed by atoms with Crippen molar-refractivity contribution in [3.8, 4) is 5.75 Å². The molecule has 0 saturated carbocycles. The average Bonchev–Trinajstić information content (AvgIpc) is 2.55. The number of aryl methyl sites for hydroxylation is 1. The molecule has 1 N–H and O–H groups in total. The van der Waals surface area contributed by atoms with Crippen molar-refractivity contribution >= 4 is 17.5 Å². The molecule has 0 aliphatic heterocycles. The van der Waals surface area contributed by atoms with Crippen molar-refractivity contribution in [3.63, 3.8) is 0 Å². The van der Waals surface area contributed by atoms with Crippen LogP contribution in [0.5, 0.6) is 5.75 Å². The van der Waals surface area contributed by atoms with E-state index < -0.39 is 0 Å². The van der Waals surface area contributed by atoms with Gasteiger partial charge in [-0.2, -0.15) is 0 Å². The fraction of sp³-hybridized carbons (Fsp3) is 0.278. The van der Waals surface area contributed by atoms with Gasteiger partial charge in [-0.1, -0.05) is 35.9 Å². The minimum Gasteiger partial charge on any atom is -0.484 e. The van der Waals surface area contributed by atoms with Crippen LogP contribution in [0.2, 0.25) is 5.02 Å². The number of hydrogen-bond acceptors (Lipinski definition) is 2. The third-order valence-electron chi connectivity index (χ3n) is 3.89. The van der Waals surface area contributed by atoms with Gasteiger partial charge in [-0.05, 0) is 54.7 Å². The zero-order valence-electron chi connectivity index (χ0n) is 12.2. The lowest BCUT2D eigenvalue weighted by molar-refractivity contribution is -0.123. The van der Waals surface area contributed by atoms with E-state index >= 15 is 0 Å². The fourth-order valence-corrected chi connectivity index (χ4v) is 2.95. The summed E-state index contributed by atoms with van der Waals surface area (Å²) in [7, 11) is 0. The lowest BCUT2D eigenvalue weighted by Crippen LogP contribution is -2.34. The Kier molecular flexibility index (Phi) is 4.64. The van der Waals surface area contributed by atoms with Crippen molar-refractivity contribution < 1.29 is 9.53 Å². The van der Waals surface area contributed by atoms with Gasteiger partial charge in [0, 0.05) is 5.02 Å². The fourth-order valence-electron chi connectivity index (χ4n) is 2.82. The molecule has 0 aromatic heterocycles. The summed E-state index contributed by atoms with van der Waals surface area (Å²) in [6.45, 7) is 0.0142. The molecule has 1 aliphatic rings. The maximum absolute atomic E-state index is 12.1. The lowest BCUT2D eigenvalue weighted by Gasteiger charge is -2.26. The lowest BCUT2D eigenvalue weighted by atomic mass is 9.88. The molecule has 4 heteroatoms. The van der Waals surface area contributed by atoms with Crippen molar-refractivity contribution in [2.75, 3.05) is 6.61 Å². The van der Waals surface area contributed by atoms with Gasteiger partial charge < -0.3 is 10.1 Å². The Hall–Kier alpha value is -2.00. The van der Waals surface area contributed by atoms with Crippen LogP contribution in [0.25, 0.3) is 0 Å². The quantitative estimate of drug-likeness (QED) is 0.929.